The molecule has 3 aromatic rings. The first-order valence-corrected chi connectivity index (χ1v) is 7.14. The van der Waals surface area contributed by atoms with Crippen LogP contribution in [0.4, 0.5) is 4.39 Å². The molecule has 1 atom stereocenters. The van der Waals surface area contributed by atoms with E-state index in [1.54, 1.807) is 24.5 Å². The summed E-state index contributed by atoms with van der Waals surface area (Å²) in [5, 5.41) is 3.14. The Labute approximate surface area is 120 Å². The predicted molar refractivity (Wildman–Crippen MR) is 80.8 cm³/mol. The van der Waals surface area contributed by atoms with Crippen molar-refractivity contribution in [2.24, 2.45) is 5.73 Å². The van der Waals surface area contributed by atoms with E-state index < -0.39 is 6.04 Å². The number of methoxy groups -OCH3 is 1. The monoisotopic (exact) mass is 287 g/mol. The largest absolute Gasteiger partial charge is 0.496 e. The van der Waals surface area contributed by atoms with Gasteiger partial charge in [0.25, 0.3) is 0 Å². The van der Waals surface area contributed by atoms with E-state index in [9.17, 15) is 4.39 Å². The van der Waals surface area contributed by atoms with Crippen molar-refractivity contribution in [3.8, 4) is 5.75 Å². The lowest BCUT2D eigenvalue weighted by Crippen LogP contribution is -2.13. The molecule has 4 heteroatoms. The van der Waals surface area contributed by atoms with Gasteiger partial charge in [-0.15, -0.1) is 11.3 Å². The third-order valence-electron chi connectivity index (χ3n) is 3.37. The van der Waals surface area contributed by atoms with Crippen LogP contribution in [-0.4, -0.2) is 7.11 Å². The van der Waals surface area contributed by atoms with Crippen LogP contribution in [0.1, 0.15) is 17.2 Å². The topological polar surface area (TPSA) is 35.2 Å². The van der Waals surface area contributed by atoms with Crippen molar-refractivity contribution in [3.05, 3.63) is 64.8 Å². The van der Waals surface area contributed by atoms with Gasteiger partial charge in [-0.3, -0.25) is 0 Å². The summed E-state index contributed by atoms with van der Waals surface area (Å²) < 4.78 is 20.0. The van der Waals surface area contributed by atoms with Crippen molar-refractivity contribution in [3.63, 3.8) is 0 Å². The predicted octanol–water partition coefficient (Wildman–Crippen LogP) is 4.10. The molecule has 2 nitrogen and oxygen atoms in total. The summed E-state index contributed by atoms with van der Waals surface area (Å²) in [6.45, 7) is 0. The molecule has 0 aliphatic rings. The van der Waals surface area contributed by atoms with Crippen LogP contribution in [0.15, 0.2) is 47.8 Å². The number of rotatable bonds is 3. The van der Waals surface area contributed by atoms with E-state index in [0.29, 0.717) is 11.3 Å². The van der Waals surface area contributed by atoms with Crippen LogP contribution >= 0.6 is 11.3 Å². The van der Waals surface area contributed by atoms with Crippen molar-refractivity contribution in [2.45, 2.75) is 6.04 Å². The molecule has 1 unspecified atom stereocenters. The first kappa shape index (κ1) is 13.1. The van der Waals surface area contributed by atoms with Crippen LogP contribution in [-0.2, 0) is 0 Å². The highest BCUT2D eigenvalue weighted by Gasteiger charge is 2.18. The molecule has 20 heavy (non-hydrogen) atoms. The van der Waals surface area contributed by atoms with E-state index in [1.165, 1.54) is 16.8 Å². The maximum Gasteiger partial charge on any atom is 0.124 e. The van der Waals surface area contributed by atoms with Crippen molar-refractivity contribution in [1.29, 1.82) is 0 Å². The van der Waals surface area contributed by atoms with E-state index in [1.807, 2.05) is 23.6 Å². The molecular formula is C16H14FNOS. The van der Waals surface area contributed by atoms with Gasteiger partial charge in [-0.2, -0.15) is 0 Å². The van der Waals surface area contributed by atoms with Crippen molar-refractivity contribution < 1.29 is 9.13 Å². The Bertz CT molecular complexity index is 753. The highest BCUT2D eigenvalue weighted by atomic mass is 32.1. The third-order valence-corrected chi connectivity index (χ3v) is 4.35. The molecule has 3 rings (SSSR count). The number of nitrogens with two attached hydrogens (primary N) is 1. The summed E-state index contributed by atoms with van der Waals surface area (Å²) in [5.41, 5.74) is 7.99. The molecule has 0 radical (unpaired) electrons. The maximum absolute atomic E-state index is 13.5. The standard InChI is InChI=1S/C16H14FNOS/c1-19-14-7-6-10(17)8-12(14)16(18)13-9-20-15-5-3-2-4-11(13)15/h2-9,16H,18H2,1H3. The van der Waals surface area contributed by atoms with Gasteiger partial charge in [-0.25, -0.2) is 4.39 Å². The fourth-order valence-electron chi connectivity index (χ4n) is 2.35. The van der Waals surface area contributed by atoms with Crippen LogP contribution < -0.4 is 10.5 Å². The Hall–Kier alpha value is -1.91. The molecule has 1 heterocycles. The number of thiophene rings is 1. The summed E-state index contributed by atoms with van der Waals surface area (Å²) in [7, 11) is 1.56. The molecular weight excluding hydrogens is 273 g/mol. The minimum absolute atomic E-state index is 0.309. The first-order valence-electron chi connectivity index (χ1n) is 6.26. The van der Waals surface area contributed by atoms with Gasteiger partial charge in [-0.05, 0) is 40.6 Å². The summed E-state index contributed by atoms with van der Waals surface area (Å²) in [6.07, 6.45) is 0. The fourth-order valence-corrected chi connectivity index (χ4v) is 3.35. The number of halogens is 1. The lowest BCUT2D eigenvalue weighted by molar-refractivity contribution is 0.406. The minimum Gasteiger partial charge on any atom is -0.496 e. The summed E-state index contributed by atoms with van der Waals surface area (Å²) in [6, 6.07) is 12.1. The molecule has 0 saturated carbocycles. The van der Waals surface area contributed by atoms with Gasteiger partial charge in [0.15, 0.2) is 0 Å². The molecule has 2 N–H and O–H groups in total. The van der Waals surface area contributed by atoms with Crippen LogP contribution in [0.2, 0.25) is 0 Å². The van der Waals surface area contributed by atoms with Crippen LogP contribution in [0, 0.1) is 5.82 Å². The normalized spacial score (nSPS) is 12.6. The van der Waals surface area contributed by atoms with E-state index in [0.717, 1.165) is 10.9 Å². The van der Waals surface area contributed by atoms with Gasteiger partial charge in [0.05, 0.1) is 13.2 Å². The highest BCUT2D eigenvalue weighted by molar-refractivity contribution is 7.17. The second kappa shape index (κ2) is 5.23. The van der Waals surface area contributed by atoms with Crippen LogP contribution in [0.25, 0.3) is 10.1 Å². The second-order valence-electron chi connectivity index (χ2n) is 4.55. The van der Waals surface area contributed by atoms with Crippen LogP contribution in [0.3, 0.4) is 0 Å². The molecule has 0 amide bonds. The smallest absolute Gasteiger partial charge is 0.124 e. The number of hydrogen-bond acceptors (Lipinski definition) is 3. The molecule has 0 aliphatic carbocycles. The first-order chi connectivity index (χ1) is 9.70. The van der Waals surface area contributed by atoms with Crippen molar-refractivity contribution >= 4 is 21.4 Å². The zero-order chi connectivity index (χ0) is 14.1. The summed E-state index contributed by atoms with van der Waals surface area (Å²) in [5.74, 6) is 0.296. The van der Waals surface area contributed by atoms with E-state index in [2.05, 4.69) is 6.07 Å². The fraction of sp³-hybridized carbons (Fsp3) is 0.125. The molecule has 102 valence electrons. The minimum atomic E-state index is -0.406. The molecule has 0 fully saturated rings. The molecule has 0 aliphatic heterocycles. The zero-order valence-electron chi connectivity index (χ0n) is 11.0. The number of hydrogen-bond donors (Lipinski definition) is 1. The SMILES string of the molecule is COc1ccc(F)cc1C(N)c1csc2ccccc12. The van der Waals surface area contributed by atoms with Gasteiger partial charge < -0.3 is 10.5 Å². The molecule has 1 aromatic heterocycles. The van der Waals surface area contributed by atoms with Gasteiger partial charge in [-0.1, -0.05) is 18.2 Å². The average molecular weight is 287 g/mol. The van der Waals surface area contributed by atoms with E-state index in [-0.39, 0.29) is 5.82 Å². The Morgan fingerprint density at radius 2 is 1.95 bits per heavy atom. The highest BCUT2D eigenvalue weighted by Crippen LogP contribution is 2.35. The quantitative estimate of drug-likeness (QED) is 0.787. The maximum atomic E-state index is 13.5. The van der Waals surface area contributed by atoms with Gasteiger partial charge in [0.2, 0.25) is 0 Å². The average Bonchev–Trinajstić information content (AvgIpc) is 2.90. The molecule has 0 spiro atoms. The number of ether oxygens (including phenoxy) is 1. The Morgan fingerprint density at radius 1 is 1.15 bits per heavy atom. The Balaban J connectivity index is 2.13. The van der Waals surface area contributed by atoms with Gasteiger partial charge in [0, 0.05) is 10.3 Å². The summed E-state index contributed by atoms with van der Waals surface area (Å²) >= 11 is 1.64. The van der Waals surface area contributed by atoms with E-state index in [4.69, 9.17) is 10.5 Å². The van der Waals surface area contributed by atoms with Crippen LogP contribution in [0.5, 0.6) is 5.75 Å². The molecule has 2 aromatic carbocycles. The lowest BCUT2D eigenvalue weighted by Gasteiger charge is -2.15. The van der Waals surface area contributed by atoms with Crippen molar-refractivity contribution in [2.75, 3.05) is 7.11 Å². The van der Waals surface area contributed by atoms with Gasteiger partial charge in [0.1, 0.15) is 11.6 Å². The molecule has 0 bridgehead atoms. The second-order valence-corrected chi connectivity index (χ2v) is 5.46. The zero-order valence-corrected chi connectivity index (χ0v) is 11.8. The number of fused-ring (bicyclic) bond motifs is 1. The van der Waals surface area contributed by atoms with Gasteiger partial charge >= 0.3 is 0 Å². The Kier molecular flexibility index (Phi) is 3.42. The Morgan fingerprint density at radius 3 is 2.75 bits per heavy atom. The number of benzene rings is 2. The van der Waals surface area contributed by atoms with E-state index >= 15 is 0 Å². The lowest BCUT2D eigenvalue weighted by atomic mass is 9.98. The molecule has 0 saturated heterocycles. The summed E-state index contributed by atoms with van der Waals surface area (Å²) in [4.78, 5) is 0. The third kappa shape index (κ3) is 2.17. The van der Waals surface area contributed by atoms with Crippen molar-refractivity contribution in [1.82, 2.24) is 0 Å².